The molecule has 2 rings (SSSR count). The number of carbonyl (C=O) groups excluding carboxylic acids is 2. The summed E-state index contributed by atoms with van der Waals surface area (Å²) in [5, 5.41) is 10.4. The second-order valence-corrected chi connectivity index (χ2v) is 5.36. The zero-order valence-corrected chi connectivity index (χ0v) is 16.4. The van der Waals surface area contributed by atoms with Crippen LogP contribution in [0, 0.1) is 0 Å². The molecule has 2 N–H and O–H groups in total. The molecule has 1 fully saturated rings. The van der Waals surface area contributed by atoms with E-state index in [1.54, 1.807) is 10.9 Å². The average Bonchev–Trinajstić information content (AvgIpc) is 2.93. The van der Waals surface area contributed by atoms with Crippen LogP contribution in [0.3, 0.4) is 0 Å². The Balaban J connectivity index is 0.00000288. The van der Waals surface area contributed by atoms with Crippen molar-refractivity contribution in [3.8, 4) is 0 Å². The number of likely N-dealkylation sites (tertiary alicyclic amines) is 1. The number of imide groups is 1. The summed E-state index contributed by atoms with van der Waals surface area (Å²) in [4.78, 5) is 29.3. The van der Waals surface area contributed by atoms with Gasteiger partial charge in [-0.2, -0.15) is 5.10 Å². The smallest absolute Gasteiger partial charge is 0.229 e. The molecule has 0 saturated carbocycles. The lowest BCUT2D eigenvalue weighted by atomic mass is 10.1. The van der Waals surface area contributed by atoms with Crippen molar-refractivity contribution in [3.05, 3.63) is 18.0 Å². The highest BCUT2D eigenvalue weighted by Gasteiger charge is 2.25. The van der Waals surface area contributed by atoms with Gasteiger partial charge in [-0.1, -0.05) is 0 Å². The normalized spacial score (nSPS) is 15.2. The third kappa shape index (κ3) is 5.77. The van der Waals surface area contributed by atoms with E-state index in [0.29, 0.717) is 44.9 Å². The molecule has 1 aromatic heterocycles. The molecule has 0 atom stereocenters. The molecule has 0 spiro atoms. The summed E-state index contributed by atoms with van der Waals surface area (Å²) in [6.45, 7) is 4.08. The van der Waals surface area contributed by atoms with Gasteiger partial charge in [0.05, 0.1) is 12.2 Å². The van der Waals surface area contributed by atoms with Crippen LogP contribution >= 0.6 is 24.0 Å². The first-order chi connectivity index (χ1) is 11.1. The Morgan fingerprint density at radius 1 is 1.29 bits per heavy atom. The van der Waals surface area contributed by atoms with Gasteiger partial charge in [0.15, 0.2) is 5.96 Å². The monoisotopic (exact) mass is 448 g/mol. The molecule has 1 aliphatic heterocycles. The van der Waals surface area contributed by atoms with Gasteiger partial charge in [-0.25, -0.2) is 4.99 Å². The second-order valence-electron chi connectivity index (χ2n) is 5.36. The second kappa shape index (κ2) is 10.3. The van der Waals surface area contributed by atoms with Gasteiger partial charge in [-0.05, 0) is 19.4 Å². The van der Waals surface area contributed by atoms with Gasteiger partial charge in [0, 0.05) is 45.7 Å². The lowest BCUT2D eigenvalue weighted by molar-refractivity contribution is -0.147. The van der Waals surface area contributed by atoms with Crippen molar-refractivity contribution >= 4 is 41.8 Å². The van der Waals surface area contributed by atoms with E-state index < -0.39 is 0 Å². The molecular weight excluding hydrogens is 423 g/mol. The molecule has 1 aliphatic rings. The van der Waals surface area contributed by atoms with Crippen molar-refractivity contribution in [3.63, 3.8) is 0 Å². The third-order valence-electron chi connectivity index (χ3n) is 3.68. The number of rotatable bonds is 6. The fraction of sp³-hybridized carbons (Fsp3) is 0.600. The van der Waals surface area contributed by atoms with Gasteiger partial charge < -0.3 is 10.6 Å². The lowest BCUT2D eigenvalue weighted by Crippen LogP contribution is -2.46. The van der Waals surface area contributed by atoms with E-state index in [-0.39, 0.29) is 35.8 Å². The molecule has 1 saturated heterocycles. The molecule has 24 heavy (non-hydrogen) atoms. The molecule has 0 aliphatic carbocycles. The van der Waals surface area contributed by atoms with Crippen molar-refractivity contribution in [2.75, 3.05) is 19.6 Å². The van der Waals surface area contributed by atoms with Crippen molar-refractivity contribution in [1.29, 1.82) is 0 Å². The van der Waals surface area contributed by atoms with Crippen molar-refractivity contribution in [1.82, 2.24) is 25.3 Å². The Morgan fingerprint density at radius 2 is 2.00 bits per heavy atom. The van der Waals surface area contributed by atoms with Crippen molar-refractivity contribution < 1.29 is 9.59 Å². The topological polar surface area (TPSA) is 91.6 Å². The van der Waals surface area contributed by atoms with E-state index in [1.165, 1.54) is 4.90 Å². The summed E-state index contributed by atoms with van der Waals surface area (Å²) >= 11 is 0. The highest BCUT2D eigenvalue weighted by atomic mass is 127. The first-order valence-corrected chi connectivity index (χ1v) is 7.94. The number of nitrogens with one attached hydrogen (secondary N) is 2. The van der Waals surface area contributed by atoms with Gasteiger partial charge in [0.25, 0.3) is 0 Å². The number of guanidine groups is 1. The number of aryl methyl sites for hydroxylation is 1. The zero-order chi connectivity index (χ0) is 16.7. The van der Waals surface area contributed by atoms with Crippen LogP contribution in [-0.4, -0.2) is 52.1 Å². The maximum atomic E-state index is 11.7. The Kier molecular flexibility index (Phi) is 8.72. The molecular formula is C15H25IN6O2. The van der Waals surface area contributed by atoms with Crippen LogP contribution in [0.25, 0.3) is 0 Å². The van der Waals surface area contributed by atoms with Crippen molar-refractivity contribution in [2.24, 2.45) is 12.0 Å². The minimum Gasteiger partial charge on any atom is -0.357 e. The van der Waals surface area contributed by atoms with Crippen LogP contribution in [0.2, 0.25) is 0 Å². The van der Waals surface area contributed by atoms with E-state index in [2.05, 4.69) is 20.7 Å². The number of nitrogens with zero attached hydrogens (tertiary/aromatic N) is 4. The fourth-order valence-electron chi connectivity index (χ4n) is 2.39. The minimum absolute atomic E-state index is 0. The first kappa shape index (κ1) is 20.4. The van der Waals surface area contributed by atoms with Crippen LogP contribution in [0.5, 0.6) is 0 Å². The van der Waals surface area contributed by atoms with Gasteiger partial charge >= 0.3 is 0 Å². The first-order valence-electron chi connectivity index (χ1n) is 7.94. The molecule has 0 aromatic carbocycles. The Morgan fingerprint density at radius 3 is 2.58 bits per heavy atom. The summed E-state index contributed by atoms with van der Waals surface area (Å²) in [6.07, 6.45) is 3.32. The number of piperidine rings is 1. The molecule has 1 aromatic rings. The van der Waals surface area contributed by atoms with Crippen LogP contribution in [-0.2, 0) is 23.2 Å². The molecule has 0 bridgehead atoms. The number of carbonyl (C=O) groups is 2. The van der Waals surface area contributed by atoms with E-state index in [1.807, 2.05) is 20.0 Å². The van der Waals surface area contributed by atoms with E-state index in [9.17, 15) is 9.59 Å². The maximum absolute atomic E-state index is 11.7. The highest BCUT2D eigenvalue weighted by molar-refractivity contribution is 14.0. The van der Waals surface area contributed by atoms with Gasteiger partial charge in [0.1, 0.15) is 0 Å². The predicted octanol–water partition coefficient (Wildman–Crippen LogP) is 0.632. The van der Waals surface area contributed by atoms with E-state index in [0.717, 1.165) is 12.2 Å². The number of halogens is 1. The van der Waals surface area contributed by atoms with Gasteiger partial charge in [-0.15, -0.1) is 24.0 Å². The largest absolute Gasteiger partial charge is 0.357 e. The molecule has 2 amide bonds. The average molecular weight is 448 g/mol. The Bertz CT molecular complexity index is 570. The SMILES string of the molecule is CCNC(=NCc1ccnn1C)NCCN1C(=O)CCCC1=O.I. The molecule has 0 radical (unpaired) electrons. The molecule has 134 valence electrons. The maximum Gasteiger partial charge on any atom is 0.229 e. The number of aliphatic imine (C=N–C) groups is 1. The number of aromatic nitrogens is 2. The van der Waals surface area contributed by atoms with Gasteiger partial charge in [-0.3, -0.25) is 19.2 Å². The van der Waals surface area contributed by atoms with Crippen molar-refractivity contribution in [2.45, 2.75) is 32.7 Å². The molecule has 0 unspecified atom stereocenters. The summed E-state index contributed by atoms with van der Waals surface area (Å²) < 4.78 is 1.78. The molecule has 9 heteroatoms. The van der Waals surface area contributed by atoms with Crippen LogP contribution < -0.4 is 10.6 Å². The zero-order valence-electron chi connectivity index (χ0n) is 14.1. The van der Waals surface area contributed by atoms with Gasteiger partial charge in [0.2, 0.25) is 11.8 Å². The number of amides is 2. The van der Waals surface area contributed by atoms with E-state index >= 15 is 0 Å². The summed E-state index contributed by atoms with van der Waals surface area (Å²) in [7, 11) is 1.87. The minimum atomic E-state index is -0.0834. The predicted molar refractivity (Wildman–Crippen MR) is 102 cm³/mol. The Labute approximate surface area is 159 Å². The highest BCUT2D eigenvalue weighted by Crippen LogP contribution is 2.11. The number of hydrogen-bond acceptors (Lipinski definition) is 4. The van der Waals surface area contributed by atoms with Crippen LogP contribution in [0.15, 0.2) is 17.3 Å². The van der Waals surface area contributed by atoms with E-state index in [4.69, 9.17) is 0 Å². The standard InChI is InChI=1S/C15H24N6O2.HI/c1-3-16-15(18-11-12-7-8-19-20(12)2)17-9-10-21-13(22)5-4-6-14(21)23;/h7-8H,3-6,9-11H2,1-2H3,(H2,16,17,18);1H. The summed E-state index contributed by atoms with van der Waals surface area (Å²) in [5.74, 6) is 0.491. The summed E-state index contributed by atoms with van der Waals surface area (Å²) in [6, 6.07) is 1.91. The Hall–Kier alpha value is -1.65. The number of hydrogen-bond donors (Lipinski definition) is 2. The lowest BCUT2D eigenvalue weighted by Gasteiger charge is -2.25. The quantitative estimate of drug-likeness (QED) is 0.289. The molecule has 8 nitrogen and oxygen atoms in total. The third-order valence-corrected chi connectivity index (χ3v) is 3.68. The van der Waals surface area contributed by atoms with Crippen LogP contribution in [0.4, 0.5) is 0 Å². The fourth-order valence-corrected chi connectivity index (χ4v) is 2.39. The summed E-state index contributed by atoms with van der Waals surface area (Å²) in [5.41, 5.74) is 1.00. The molecule has 2 heterocycles. The van der Waals surface area contributed by atoms with Crippen LogP contribution in [0.1, 0.15) is 31.9 Å².